The molecule has 1 amide bonds. The molecule has 0 radical (unpaired) electrons. The lowest BCUT2D eigenvalue weighted by Crippen LogP contribution is -2.35. The van der Waals surface area contributed by atoms with Gasteiger partial charge in [0, 0.05) is 6.54 Å². The van der Waals surface area contributed by atoms with E-state index in [2.05, 4.69) is 5.32 Å². The van der Waals surface area contributed by atoms with E-state index in [1.54, 1.807) is 0 Å². The quantitative estimate of drug-likeness (QED) is 0.805. The molecule has 0 heterocycles. The van der Waals surface area contributed by atoms with Gasteiger partial charge in [0.25, 0.3) is 0 Å². The minimum atomic E-state index is -0.855. The van der Waals surface area contributed by atoms with Crippen LogP contribution in [0.1, 0.15) is 38.7 Å². The first-order chi connectivity index (χ1) is 9.41. The van der Waals surface area contributed by atoms with E-state index in [-0.39, 0.29) is 18.4 Å². The molecule has 1 aromatic carbocycles. The number of carboxylic acid groups (broad SMARTS) is 1. The van der Waals surface area contributed by atoms with Gasteiger partial charge in [0.2, 0.25) is 5.91 Å². The molecular formula is C16H23NO3. The van der Waals surface area contributed by atoms with E-state index in [0.29, 0.717) is 12.3 Å². The van der Waals surface area contributed by atoms with Crippen LogP contribution in [0.15, 0.2) is 30.3 Å². The molecule has 0 aliphatic rings. The summed E-state index contributed by atoms with van der Waals surface area (Å²) in [5.74, 6) is -1.50. The highest BCUT2D eigenvalue weighted by molar-refractivity contribution is 5.83. The van der Waals surface area contributed by atoms with Crippen molar-refractivity contribution in [3.8, 4) is 0 Å². The summed E-state index contributed by atoms with van der Waals surface area (Å²) in [6, 6.07) is 9.47. The molecule has 0 bridgehead atoms. The third kappa shape index (κ3) is 5.03. The number of carboxylic acids is 1. The summed E-state index contributed by atoms with van der Waals surface area (Å²) in [6.07, 6.45) is 0.565. The third-order valence-corrected chi connectivity index (χ3v) is 3.32. The van der Waals surface area contributed by atoms with Crippen molar-refractivity contribution in [2.75, 3.05) is 6.54 Å². The van der Waals surface area contributed by atoms with Gasteiger partial charge < -0.3 is 10.4 Å². The second-order valence-corrected chi connectivity index (χ2v) is 5.54. The second-order valence-electron chi connectivity index (χ2n) is 5.54. The number of rotatable bonds is 7. The van der Waals surface area contributed by atoms with Crippen molar-refractivity contribution in [1.29, 1.82) is 0 Å². The maximum Gasteiger partial charge on any atom is 0.308 e. The molecule has 0 saturated heterocycles. The average Bonchev–Trinajstić information content (AvgIpc) is 2.42. The third-order valence-electron chi connectivity index (χ3n) is 3.32. The molecule has 2 N–H and O–H groups in total. The van der Waals surface area contributed by atoms with Gasteiger partial charge in [0.1, 0.15) is 0 Å². The van der Waals surface area contributed by atoms with Crippen molar-refractivity contribution in [3.05, 3.63) is 35.9 Å². The van der Waals surface area contributed by atoms with Crippen molar-refractivity contribution in [2.45, 2.75) is 33.1 Å². The Hall–Kier alpha value is -1.84. The first-order valence-electron chi connectivity index (χ1n) is 6.97. The molecule has 20 heavy (non-hydrogen) atoms. The Morgan fingerprint density at radius 2 is 1.75 bits per heavy atom. The highest BCUT2D eigenvalue weighted by atomic mass is 16.4. The van der Waals surface area contributed by atoms with Gasteiger partial charge in [0.15, 0.2) is 0 Å². The predicted octanol–water partition coefficient (Wildman–Crippen LogP) is 2.65. The lowest BCUT2D eigenvalue weighted by atomic mass is 9.96. The van der Waals surface area contributed by atoms with E-state index in [1.807, 2.05) is 51.1 Å². The molecule has 2 atom stereocenters. The van der Waals surface area contributed by atoms with Gasteiger partial charge in [0.05, 0.1) is 11.8 Å². The number of carbonyl (C=O) groups is 2. The molecule has 1 aromatic rings. The summed E-state index contributed by atoms with van der Waals surface area (Å²) in [6.45, 7) is 5.96. The van der Waals surface area contributed by atoms with Crippen molar-refractivity contribution in [2.24, 2.45) is 11.8 Å². The molecule has 4 nitrogen and oxygen atoms in total. The van der Waals surface area contributed by atoms with Crippen LogP contribution in [0.4, 0.5) is 0 Å². The molecule has 1 unspecified atom stereocenters. The minimum absolute atomic E-state index is 0.133. The summed E-state index contributed by atoms with van der Waals surface area (Å²) >= 11 is 0. The molecule has 0 aliphatic heterocycles. The Bertz CT molecular complexity index is 442. The molecule has 0 aromatic heterocycles. The monoisotopic (exact) mass is 277 g/mol. The summed E-state index contributed by atoms with van der Waals surface area (Å²) in [7, 11) is 0. The highest BCUT2D eigenvalue weighted by Crippen LogP contribution is 2.15. The van der Waals surface area contributed by atoms with Gasteiger partial charge in [-0.15, -0.1) is 0 Å². The smallest absolute Gasteiger partial charge is 0.308 e. The molecule has 0 aliphatic carbocycles. The van der Waals surface area contributed by atoms with Crippen LogP contribution in [0.3, 0.4) is 0 Å². The summed E-state index contributed by atoms with van der Waals surface area (Å²) in [5, 5.41) is 11.9. The SMILES string of the molecule is CC(C)CC(CNC(=O)[C@H](C)c1ccccc1)C(=O)O. The van der Waals surface area contributed by atoms with E-state index in [0.717, 1.165) is 5.56 Å². The summed E-state index contributed by atoms with van der Waals surface area (Å²) < 4.78 is 0. The number of aliphatic carboxylic acids is 1. The lowest BCUT2D eigenvalue weighted by Gasteiger charge is -2.17. The van der Waals surface area contributed by atoms with E-state index < -0.39 is 11.9 Å². The summed E-state index contributed by atoms with van der Waals surface area (Å²) in [5.41, 5.74) is 0.931. The molecule has 0 saturated carbocycles. The maximum absolute atomic E-state index is 12.1. The van der Waals surface area contributed by atoms with Crippen molar-refractivity contribution in [3.63, 3.8) is 0 Å². The van der Waals surface area contributed by atoms with Gasteiger partial charge in [-0.05, 0) is 24.8 Å². The topological polar surface area (TPSA) is 66.4 Å². The Morgan fingerprint density at radius 3 is 2.25 bits per heavy atom. The lowest BCUT2D eigenvalue weighted by molar-refractivity contribution is -0.142. The molecule has 0 spiro atoms. The maximum atomic E-state index is 12.1. The molecule has 110 valence electrons. The van der Waals surface area contributed by atoms with E-state index >= 15 is 0 Å². The van der Waals surface area contributed by atoms with Crippen LogP contribution in [0.25, 0.3) is 0 Å². The van der Waals surface area contributed by atoms with Crippen LogP contribution in [-0.2, 0) is 9.59 Å². The predicted molar refractivity (Wildman–Crippen MR) is 78.4 cm³/mol. The molecular weight excluding hydrogens is 254 g/mol. The van der Waals surface area contributed by atoms with Crippen molar-refractivity contribution < 1.29 is 14.7 Å². The van der Waals surface area contributed by atoms with Gasteiger partial charge in [-0.2, -0.15) is 0 Å². The molecule has 1 rings (SSSR count). The van der Waals surface area contributed by atoms with Crippen LogP contribution in [0.2, 0.25) is 0 Å². The van der Waals surface area contributed by atoms with Crippen LogP contribution >= 0.6 is 0 Å². The van der Waals surface area contributed by atoms with Crippen molar-refractivity contribution in [1.82, 2.24) is 5.32 Å². The number of hydrogen-bond acceptors (Lipinski definition) is 2. The average molecular weight is 277 g/mol. The van der Waals surface area contributed by atoms with Gasteiger partial charge in [-0.3, -0.25) is 9.59 Å². The van der Waals surface area contributed by atoms with Crippen LogP contribution in [0, 0.1) is 11.8 Å². The van der Waals surface area contributed by atoms with E-state index in [1.165, 1.54) is 0 Å². The normalized spacial score (nSPS) is 13.8. The van der Waals surface area contributed by atoms with Gasteiger partial charge in [-0.1, -0.05) is 44.2 Å². The van der Waals surface area contributed by atoms with Crippen LogP contribution < -0.4 is 5.32 Å². The number of amides is 1. The van der Waals surface area contributed by atoms with E-state index in [9.17, 15) is 9.59 Å². The van der Waals surface area contributed by atoms with Gasteiger partial charge >= 0.3 is 5.97 Å². The summed E-state index contributed by atoms with van der Waals surface area (Å²) in [4.78, 5) is 23.2. The highest BCUT2D eigenvalue weighted by Gasteiger charge is 2.21. The van der Waals surface area contributed by atoms with Gasteiger partial charge in [-0.25, -0.2) is 0 Å². The fraction of sp³-hybridized carbons (Fsp3) is 0.500. The first-order valence-corrected chi connectivity index (χ1v) is 6.97. The Balaban J connectivity index is 2.55. The van der Waals surface area contributed by atoms with E-state index in [4.69, 9.17) is 5.11 Å². The second kappa shape index (κ2) is 7.68. The van der Waals surface area contributed by atoms with Crippen molar-refractivity contribution >= 4 is 11.9 Å². The molecule has 0 fully saturated rings. The first kappa shape index (κ1) is 16.2. The Kier molecular flexibility index (Phi) is 6.22. The van der Waals surface area contributed by atoms with Crippen LogP contribution in [-0.4, -0.2) is 23.5 Å². The largest absolute Gasteiger partial charge is 0.481 e. The zero-order valence-electron chi connectivity index (χ0n) is 12.3. The van der Waals surface area contributed by atoms with Crippen LogP contribution in [0.5, 0.6) is 0 Å². The zero-order valence-corrected chi connectivity index (χ0v) is 12.3. The minimum Gasteiger partial charge on any atom is -0.481 e. The molecule has 4 heteroatoms. The number of carbonyl (C=O) groups excluding carboxylic acids is 1. The number of benzene rings is 1. The fourth-order valence-electron chi connectivity index (χ4n) is 2.11. The number of hydrogen-bond donors (Lipinski definition) is 2. The zero-order chi connectivity index (χ0) is 15.1. The Labute approximate surface area is 120 Å². The Morgan fingerprint density at radius 1 is 1.15 bits per heavy atom. The standard InChI is InChI=1S/C16H23NO3/c1-11(2)9-14(16(19)20)10-17-15(18)12(3)13-7-5-4-6-8-13/h4-8,11-12,14H,9-10H2,1-3H3,(H,17,18)(H,19,20)/t12-,14?/m1/s1. The number of nitrogens with one attached hydrogen (secondary N) is 1. The fourth-order valence-corrected chi connectivity index (χ4v) is 2.11.